The SMILES string of the molecule is O=C(CSc1nc2ccccc2o1)N1CCCC1CS(=O)(=O)c1ccccc1. The molecule has 1 saturated heterocycles. The predicted molar refractivity (Wildman–Crippen MR) is 108 cm³/mol. The molecule has 1 aliphatic heterocycles. The summed E-state index contributed by atoms with van der Waals surface area (Å²) in [5.41, 5.74) is 1.44. The molecule has 1 unspecified atom stereocenters. The Bertz CT molecular complexity index is 1050. The lowest BCUT2D eigenvalue weighted by Gasteiger charge is -2.24. The lowest BCUT2D eigenvalue weighted by Crippen LogP contribution is -2.40. The Morgan fingerprint density at radius 1 is 1.14 bits per heavy atom. The van der Waals surface area contributed by atoms with Crippen molar-refractivity contribution in [3.8, 4) is 0 Å². The molecule has 8 heteroatoms. The fourth-order valence-corrected chi connectivity index (χ4v) is 5.78. The lowest BCUT2D eigenvalue weighted by molar-refractivity contribution is -0.128. The number of likely N-dealkylation sites (tertiary alicyclic amines) is 1. The second-order valence-corrected chi connectivity index (χ2v) is 9.67. The molecule has 146 valence electrons. The van der Waals surface area contributed by atoms with Crippen molar-refractivity contribution in [2.75, 3.05) is 18.1 Å². The van der Waals surface area contributed by atoms with Crippen LogP contribution in [-0.2, 0) is 14.6 Å². The van der Waals surface area contributed by atoms with Crippen LogP contribution >= 0.6 is 11.8 Å². The first kappa shape index (κ1) is 19.0. The Morgan fingerprint density at radius 2 is 1.89 bits per heavy atom. The third-order valence-corrected chi connectivity index (χ3v) is 7.43. The van der Waals surface area contributed by atoms with Crippen LogP contribution in [0.2, 0.25) is 0 Å². The maximum Gasteiger partial charge on any atom is 0.257 e. The second-order valence-electron chi connectivity index (χ2n) is 6.71. The van der Waals surface area contributed by atoms with E-state index in [1.54, 1.807) is 35.2 Å². The van der Waals surface area contributed by atoms with Crippen LogP contribution in [0.1, 0.15) is 12.8 Å². The number of para-hydroxylation sites is 2. The van der Waals surface area contributed by atoms with Gasteiger partial charge in [0.25, 0.3) is 5.22 Å². The molecule has 28 heavy (non-hydrogen) atoms. The number of sulfone groups is 1. The number of aromatic nitrogens is 1. The zero-order valence-electron chi connectivity index (χ0n) is 15.2. The molecule has 1 fully saturated rings. The summed E-state index contributed by atoms with van der Waals surface area (Å²) in [4.78, 5) is 19.1. The third-order valence-electron chi connectivity index (χ3n) is 4.80. The number of hydrogen-bond donors (Lipinski definition) is 0. The van der Waals surface area contributed by atoms with E-state index < -0.39 is 9.84 Å². The average molecular weight is 417 g/mol. The molecule has 0 radical (unpaired) electrons. The Morgan fingerprint density at radius 3 is 2.68 bits per heavy atom. The van der Waals surface area contributed by atoms with E-state index in [4.69, 9.17) is 4.42 Å². The minimum absolute atomic E-state index is 0.0453. The smallest absolute Gasteiger partial charge is 0.257 e. The third kappa shape index (κ3) is 4.07. The molecule has 3 aromatic rings. The van der Waals surface area contributed by atoms with Crippen LogP contribution in [0.3, 0.4) is 0 Å². The van der Waals surface area contributed by atoms with E-state index in [9.17, 15) is 13.2 Å². The van der Waals surface area contributed by atoms with Crippen LogP contribution < -0.4 is 0 Å². The molecular formula is C20H20N2O4S2. The van der Waals surface area contributed by atoms with Gasteiger partial charge in [-0.15, -0.1) is 0 Å². The second kappa shape index (κ2) is 7.97. The number of nitrogens with zero attached hydrogens (tertiary/aromatic N) is 2. The van der Waals surface area contributed by atoms with Crippen molar-refractivity contribution in [1.29, 1.82) is 0 Å². The molecule has 4 rings (SSSR count). The number of carbonyl (C=O) groups excluding carboxylic acids is 1. The van der Waals surface area contributed by atoms with Gasteiger partial charge in [0.15, 0.2) is 15.4 Å². The fraction of sp³-hybridized carbons (Fsp3) is 0.300. The number of rotatable bonds is 6. The van der Waals surface area contributed by atoms with Gasteiger partial charge in [0, 0.05) is 12.6 Å². The quantitative estimate of drug-likeness (QED) is 0.573. The van der Waals surface area contributed by atoms with E-state index in [0.29, 0.717) is 28.7 Å². The molecular weight excluding hydrogens is 396 g/mol. The van der Waals surface area contributed by atoms with Crippen LogP contribution in [-0.4, -0.2) is 48.3 Å². The van der Waals surface area contributed by atoms with E-state index in [1.807, 2.05) is 24.3 Å². The standard InChI is InChI=1S/C20H20N2O4S2/c23-19(13-27-20-21-17-10-4-5-11-18(17)26-20)22-12-6-7-15(22)14-28(24,25)16-8-2-1-3-9-16/h1-5,8-11,15H,6-7,12-14H2. The summed E-state index contributed by atoms with van der Waals surface area (Å²) in [6.07, 6.45) is 1.51. The minimum atomic E-state index is -3.43. The summed E-state index contributed by atoms with van der Waals surface area (Å²) in [6.45, 7) is 0.585. The van der Waals surface area contributed by atoms with Crippen molar-refractivity contribution in [2.45, 2.75) is 29.0 Å². The fourth-order valence-electron chi connectivity index (χ4n) is 3.43. The van der Waals surface area contributed by atoms with Crippen molar-refractivity contribution in [3.05, 3.63) is 54.6 Å². The van der Waals surface area contributed by atoms with Crippen LogP contribution in [0.15, 0.2) is 69.1 Å². The van der Waals surface area contributed by atoms with Gasteiger partial charge in [-0.25, -0.2) is 13.4 Å². The van der Waals surface area contributed by atoms with Gasteiger partial charge < -0.3 is 9.32 Å². The largest absolute Gasteiger partial charge is 0.431 e. The van der Waals surface area contributed by atoms with E-state index in [2.05, 4.69) is 4.98 Å². The number of fused-ring (bicyclic) bond motifs is 1. The molecule has 1 aliphatic rings. The maximum atomic E-state index is 12.7. The van der Waals surface area contributed by atoms with Gasteiger partial charge in [0.2, 0.25) is 5.91 Å². The van der Waals surface area contributed by atoms with Crippen LogP contribution in [0, 0.1) is 0 Å². The molecule has 1 atom stereocenters. The van der Waals surface area contributed by atoms with E-state index in [-0.39, 0.29) is 23.5 Å². The average Bonchev–Trinajstić information content (AvgIpc) is 3.33. The first-order chi connectivity index (χ1) is 13.5. The highest BCUT2D eigenvalue weighted by atomic mass is 32.2. The number of benzene rings is 2. The molecule has 2 heterocycles. The Balaban J connectivity index is 1.40. The molecule has 0 bridgehead atoms. The van der Waals surface area contributed by atoms with Gasteiger partial charge >= 0.3 is 0 Å². The van der Waals surface area contributed by atoms with Gasteiger partial charge in [-0.05, 0) is 37.1 Å². The number of oxazole rings is 1. The van der Waals surface area contributed by atoms with Gasteiger partial charge in [0.05, 0.1) is 16.4 Å². The first-order valence-electron chi connectivity index (χ1n) is 9.08. The zero-order chi connectivity index (χ0) is 19.6. The molecule has 0 saturated carbocycles. The Labute approximate surface area is 167 Å². The van der Waals surface area contributed by atoms with E-state index in [1.165, 1.54) is 11.8 Å². The highest BCUT2D eigenvalue weighted by Gasteiger charge is 2.33. The van der Waals surface area contributed by atoms with Crippen molar-refractivity contribution in [1.82, 2.24) is 9.88 Å². The topological polar surface area (TPSA) is 80.5 Å². The number of carbonyl (C=O) groups is 1. The van der Waals surface area contributed by atoms with Gasteiger partial charge in [0.1, 0.15) is 5.52 Å². The molecule has 1 amide bonds. The number of thioether (sulfide) groups is 1. The maximum absolute atomic E-state index is 12.7. The van der Waals surface area contributed by atoms with Crippen LogP contribution in [0.5, 0.6) is 0 Å². The summed E-state index contributed by atoms with van der Waals surface area (Å²) in [5.74, 6) is 0.0448. The molecule has 0 aliphatic carbocycles. The lowest BCUT2D eigenvalue weighted by atomic mass is 10.2. The summed E-state index contributed by atoms with van der Waals surface area (Å²) in [7, 11) is -3.43. The molecule has 0 N–H and O–H groups in total. The van der Waals surface area contributed by atoms with E-state index in [0.717, 1.165) is 11.9 Å². The van der Waals surface area contributed by atoms with Gasteiger partial charge in [-0.1, -0.05) is 42.1 Å². The van der Waals surface area contributed by atoms with E-state index >= 15 is 0 Å². The highest BCUT2D eigenvalue weighted by Crippen LogP contribution is 2.26. The zero-order valence-corrected chi connectivity index (χ0v) is 16.8. The minimum Gasteiger partial charge on any atom is -0.431 e. The van der Waals surface area contributed by atoms with Crippen LogP contribution in [0.25, 0.3) is 11.1 Å². The Hall–Kier alpha value is -2.32. The van der Waals surface area contributed by atoms with Gasteiger partial charge in [-0.2, -0.15) is 0 Å². The Kier molecular flexibility index (Phi) is 5.41. The summed E-state index contributed by atoms with van der Waals surface area (Å²) in [6, 6.07) is 15.5. The highest BCUT2D eigenvalue weighted by molar-refractivity contribution is 7.99. The summed E-state index contributed by atoms with van der Waals surface area (Å²) < 4.78 is 31.0. The summed E-state index contributed by atoms with van der Waals surface area (Å²) in [5, 5.41) is 0.446. The predicted octanol–water partition coefficient (Wildman–Crippen LogP) is 3.38. The monoisotopic (exact) mass is 416 g/mol. The number of amides is 1. The van der Waals surface area contributed by atoms with Crippen molar-refractivity contribution in [2.24, 2.45) is 0 Å². The summed E-state index contributed by atoms with van der Waals surface area (Å²) >= 11 is 1.24. The molecule has 2 aromatic carbocycles. The number of hydrogen-bond acceptors (Lipinski definition) is 6. The molecule has 1 aromatic heterocycles. The van der Waals surface area contributed by atoms with Gasteiger partial charge in [-0.3, -0.25) is 4.79 Å². The van der Waals surface area contributed by atoms with Crippen molar-refractivity contribution >= 4 is 38.6 Å². The van der Waals surface area contributed by atoms with Crippen molar-refractivity contribution in [3.63, 3.8) is 0 Å². The normalized spacial score (nSPS) is 17.3. The van der Waals surface area contributed by atoms with Crippen molar-refractivity contribution < 1.29 is 17.6 Å². The molecule has 6 nitrogen and oxygen atoms in total. The van der Waals surface area contributed by atoms with Crippen LogP contribution in [0.4, 0.5) is 0 Å². The first-order valence-corrected chi connectivity index (χ1v) is 11.7. The molecule has 0 spiro atoms.